The highest BCUT2D eigenvalue weighted by Gasteiger charge is 2.53. The third kappa shape index (κ3) is 4.98. The van der Waals surface area contributed by atoms with E-state index in [0.717, 1.165) is 6.42 Å². The minimum atomic E-state index is -1.86. The Morgan fingerprint density at radius 3 is 1.32 bits per heavy atom. The average molecular weight is 467 g/mol. The maximum absolute atomic E-state index is 7.35. The highest BCUT2D eigenvalue weighted by atomic mass is 28.4. The number of fused-ring (bicyclic) bond motifs is 1. The molecule has 1 saturated carbocycles. The zero-order valence-electron chi connectivity index (χ0n) is 22.9. The Kier molecular flexibility index (Phi) is 9.32. The lowest BCUT2D eigenvalue weighted by atomic mass is 9.77. The van der Waals surface area contributed by atoms with Gasteiger partial charge in [0.05, 0.1) is 6.10 Å². The maximum atomic E-state index is 7.35. The number of hydrogen-bond donors (Lipinski definition) is 0. The SMILES string of the molecule is CC(C)[Si](OC1CCC(O[Si](C(C)C)(C(C)C)C(C)C)C2CC=CC12)(C(C)C)C(C)C. The van der Waals surface area contributed by atoms with Gasteiger partial charge in [-0.2, -0.15) is 0 Å². The first-order valence-electron chi connectivity index (χ1n) is 13.3. The molecule has 2 nitrogen and oxygen atoms in total. The molecule has 31 heavy (non-hydrogen) atoms. The van der Waals surface area contributed by atoms with Crippen LogP contribution in [0.25, 0.3) is 0 Å². The van der Waals surface area contributed by atoms with Crippen LogP contribution in [0.5, 0.6) is 0 Å². The van der Waals surface area contributed by atoms with E-state index in [9.17, 15) is 0 Å². The van der Waals surface area contributed by atoms with Gasteiger partial charge in [0, 0.05) is 12.0 Å². The third-order valence-corrected chi connectivity index (χ3v) is 21.3. The van der Waals surface area contributed by atoms with Gasteiger partial charge in [-0.1, -0.05) is 95.2 Å². The first kappa shape index (κ1) is 27.3. The van der Waals surface area contributed by atoms with Crippen LogP contribution < -0.4 is 0 Å². The fraction of sp³-hybridized carbons (Fsp3) is 0.926. The van der Waals surface area contributed by atoms with E-state index in [0.29, 0.717) is 57.3 Å². The second kappa shape index (κ2) is 10.6. The molecule has 0 aliphatic heterocycles. The van der Waals surface area contributed by atoms with Crippen molar-refractivity contribution in [1.29, 1.82) is 0 Å². The van der Waals surface area contributed by atoms with Gasteiger partial charge in [0.2, 0.25) is 16.6 Å². The molecule has 0 aromatic heterocycles. The molecular weight excluding hydrogens is 412 g/mol. The van der Waals surface area contributed by atoms with E-state index in [2.05, 4.69) is 95.2 Å². The molecule has 0 bridgehead atoms. The molecular formula is C27H54O2Si2. The Labute approximate surface area is 197 Å². The number of allylic oxidation sites excluding steroid dienone is 1. The van der Waals surface area contributed by atoms with E-state index in [1.165, 1.54) is 12.8 Å². The largest absolute Gasteiger partial charge is 0.413 e. The van der Waals surface area contributed by atoms with Crippen molar-refractivity contribution in [2.45, 2.75) is 148 Å². The Morgan fingerprint density at radius 1 is 0.581 bits per heavy atom. The summed E-state index contributed by atoms with van der Waals surface area (Å²) in [5.74, 6) is 1.15. The molecule has 0 amide bonds. The van der Waals surface area contributed by atoms with E-state index in [1.54, 1.807) is 0 Å². The highest BCUT2D eigenvalue weighted by Crippen LogP contribution is 2.51. The lowest BCUT2D eigenvalue weighted by molar-refractivity contribution is -0.00952. The van der Waals surface area contributed by atoms with E-state index in [-0.39, 0.29) is 0 Å². The van der Waals surface area contributed by atoms with Gasteiger partial charge in [0.1, 0.15) is 0 Å². The van der Waals surface area contributed by atoms with E-state index >= 15 is 0 Å². The van der Waals surface area contributed by atoms with Crippen molar-refractivity contribution in [3.8, 4) is 0 Å². The molecule has 0 heterocycles. The molecule has 4 unspecified atom stereocenters. The summed E-state index contributed by atoms with van der Waals surface area (Å²) in [6, 6.07) is 0. The summed E-state index contributed by atoms with van der Waals surface area (Å²) in [6.07, 6.45) is 9.23. The predicted molar refractivity (Wildman–Crippen MR) is 142 cm³/mol. The third-order valence-electron chi connectivity index (χ3n) is 9.03. The van der Waals surface area contributed by atoms with E-state index < -0.39 is 16.6 Å². The topological polar surface area (TPSA) is 18.5 Å². The van der Waals surface area contributed by atoms with Gasteiger partial charge in [-0.05, 0) is 58.4 Å². The van der Waals surface area contributed by atoms with Crippen LogP contribution in [0.3, 0.4) is 0 Å². The van der Waals surface area contributed by atoms with Gasteiger partial charge in [-0.3, -0.25) is 0 Å². The number of hydrogen-bond acceptors (Lipinski definition) is 2. The number of rotatable bonds is 10. The van der Waals surface area contributed by atoms with Crippen molar-refractivity contribution in [3.63, 3.8) is 0 Å². The Balaban J connectivity index is 2.28. The summed E-state index contributed by atoms with van der Waals surface area (Å²) in [6.45, 7) is 29.0. The van der Waals surface area contributed by atoms with Gasteiger partial charge in [-0.15, -0.1) is 0 Å². The summed E-state index contributed by atoms with van der Waals surface area (Å²) in [4.78, 5) is 0. The first-order chi connectivity index (χ1) is 14.3. The average Bonchev–Trinajstić information content (AvgIpc) is 3.13. The van der Waals surface area contributed by atoms with Gasteiger partial charge in [-0.25, -0.2) is 0 Å². The predicted octanol–water partition coefficient (Wildman–Crippen LogP) is 9.09. The van der Waals surface area contributed by atoms with Crippen LogP contribution in [0.1, 0.15) is 102 Å². The summed E-state index contributed by atoms with van der Waals surface area (Å²) in [5, 5.41) is 0. The molecule has 2 aliphatic rings. The monoisotopic (exact) mass is 466 g/mol. The van der Waals surface area contributed by atoms with Crippen molar-refractivity contribution in [3.05, 3.63) is 12.2 Å². The summed E-state index contributed by atoms with van der Waals surface area (Å²) in [5.41, 5.74) is 3.89. The zero-order chi connectivity index (χ0) is 23.7. The van der Waals surface area contributed by atoms with E-state index in [1.807, 2.05) is 0 Å². The molecule has 4 atom stereocenters. The fourth-order valence-corrected chi connectivity index (χ4v) is 19.1. The minimum Gasteiger partial charge on any atom is -0.413 e. The zero-order valence-corrected chi connectivity index (χ0v) is 24.9. The molecule has 2 aliphatic carbocycles. The highest BCUT2D eigenvalue weighted by molar-refractivity contribution is 6.78. The molecule has 0 radical (unpaired) electrons. The summed E-state index contributed by atoms with van der Waals surface area (Å²) < 4.78 is 14.7. The molecule has 1 fully saturated rings. The first-order valence-corrected chi connectivity index (χ1v) is 17.6. The molecule has 0 spiro atoms. The van der Waals surface area contributed by atoms with Crippen LogP contribution in [0.15, 0.2) is 12.2 Å². The van der Waals surface area contributed by atoms with Crippen molar-refractivity contribution < 1.29 is 8.85 Å². The van der Waals surface area contributed by atoms with Gasteiger partial charge >= 0.3 is 0 Å². The molecule has 0 N–H and O–H groups in total. The van der Waals surface area contributed by atoms with E-state index in [4.69, 9.17) is 8.85 Å². The van der Waals surface area contributed by atoms with Crippen LogP contribution in [0.2, 0.25) is 33.2 Å². The molecule has 0 aromatic rings. The van der Waals surface area contributed by atoms with Crippen LogP contribution in [-0.4, -0.2) is 28.8 Å². The van der Waals surface area contributed by atoms with Crippen molar-refractivity contribution in [1.82, 2.24) is 0 Å². The molecule has 0 saturated heterocycles. The van der Waals surface area contributed by atoms with Gasteiger partial charge in [0.15, 0.2) is 0 Å². The van der Waals surface area contributed by atoms with Gasteiger partial charge in [0.25, 0.3) is 0 Å². The fourth-order valence-electron chi connectivity index (χ4n) is 7.85. The van der Waals surface area contributed by atoms with Crippen LogP contribution in [-0.2, 0) is 8.85 Å². The van der Waals surface area contributed by atoms with Crippen molar-refractivity contribution >= 4 is 16.6 Å². The quantitative estimate of drug-likeness (QED) is 0.236. The summed E-state index contributed by atoms with van der Waals surface area (Å²) in [7, 11) is -3.72. The Hall–Kier alpha value is 0.0938. The lowest BCUT2D eigenvalue weighted by Gasteiger charge is -2.51. The lowest BCUT2D eigenvalue weighted by Crippen LogP contribution is -2.56. The van der Waals surface area contributed by atoms with Crippen LogP contribution >= 0.6 is 0 Å². The maximum Gasteiger partial charge on any atom is 0.200 e. The smallest absolute Gasteiger partial charge is 0.200 e. The Morgan fingerprint density at radius 2 is 0.935 bits per heavy atom. The second-order valence-electron chi connectivity index (χ2n) is 12.4. The summed E-state index contributed by atoms with van der Waals surface area (Å²) >= 11 is 0. The van der Waals surface area contributed by atoms with Crippen molar-refractivity contribution in [2.24, 2.45) is 11.8 Å². The molecule has 2 rings (SSSR count). The molecule has 182 valence electrons. The van der Waals surface area contributed by atoms with Crippen LogP contribution in [0.4, 0.5) is 0 Å². The Bertz CT molecular complexity index is 550. The van der Waals surface area contributed by atoms with Crippen molar-refractivity contribution in [2.75, 3.05) is 0 Å². The van der Waals surface area contributed by atoms with Crippen LogP contribution in [0, 0.1) is 11.8 Å². The normalized spacial score (nSPS) is 27.5. The van der Waals surface area contributed by atoms with Gasteiger partial charge < -0.3 is 8.85 Å². The minimum absolute atomic E-state index is 0.385. The molecule has 0 aromatic carbocycles. The second-order valence-corrected chi connectivity index (χ2v) is 23.2. The molecule has 4 heteroatoms. The standard InChI is InChI=1S/C27H54O2Si2/c1-18(2)30(19(3)4,20(5)6)28-26-16-17-27(25-15-13-14-24(25)26)29-31(21(7)8,22(9)10)23(11)12/h13-14,18-27H,15-17H2,1-12H3.